The average Bonchev–Trinajstić information content (AvgIpc) is 2.68. The third-order valence-corrected chi connectivity index (χ3v) is 6.49. The largest absolute Gasteiger partial charge is 0.265 e. The lowest BCUT2D eigenvalue weighted by Crippen LogP contribution is -2.35. The van der Waals surface area contributed by atoms with Crippen LogP contribution in [0.1, 0.15) is 16.7 Å². The highest BCUT2D eigenvalue weighted by molar-refractivity contribution is 7.92. The highest BCUT2D eigenvalue weighted by atomic mass is 35.5. The molecule has 0 amide bonds. The molecule has 0 N–H and O–H groups in total. The van der Waals surface area contributed by atoms with Crippen molar-refractivity contribution in [2.75, 3.05) is 11.0 Å². The van der Waals surface area contributed by atoms with Crippen LogP contribution < -0.4 is 4.31 Å². The Labute approximate surface area is 163 Å². The molecule has 4 rings (SSSR count). The highest BCUT2D eigenvalue weighted by Crippen LogP contribution is 2.34. The Morgan fingerprint density at radius 1 is 0.963 bits per heavy atom. The fourth-order valence-electron chi connectivity index (χ4n) is 3.10. The van der Waals surface area contributed by atoms with Crippen LogP contribution in [0.2, 0.25) is 5.02 Å². The number of nitrogens with zero attached hydrogens (tertiary/aromatic N) is 2. The number of rotatable bonds is 3. The quantitative estimate of drug-likeness (QED) is 0.646. The minimum atomic E-state index is -3.73. The molecule has 0 fully saturated rings. The van der Waals surface area contributed by atoms with Crippen molar-refractivity contribution in [1.82, 2.24) is 0 Å². The SMILES string of the molecule is Cc1ccc(S(=O)(=O)N2CN=C(c3ccccc3)c3cc(Cl)ccc32)cc1. The van der Waals surface area contributed by atoms with E-state index >= 15 is 0 Å². The van der Waals surface area contributed by atoms with E-state index in [0.717, 1.165) is 16.8 Å². The highest BCUT2D eigenvalue weighted by Gasteiger charge is 2.31. The molecule has 6 heteroatoms. The van der Waals surface area contributed by atoms with Gasteiger partial charge < -0.3 is 0 Å². The summed E-state index contributed by atoms with van der Waals surface area (Å²) in [6.07, 6.45) is 0. The van der Waals surface area contributed by atoms with Gasteiger partial charge in [0.25, 0.3) is 10.0 Å². The van der Waals surface area contributed by atoms with Gasteiger partial charge in [0, 0.05) is 16.1 Å². The molecular formula is C21H17ClN2O2S. The maximum Gasteiger partial charge on any atom is 0.265 e. The third kappa shape index (κ3) is 3.24. The molecule has 0 atom stereocenters. The third-order valence-electron chi connectivity index (χ3n) is 4.50. The Kier molecular flexibility index (Phi) is 4.50. The first kappa shape index (κ1) is 17.8. The molecule has 1 aliphatic heterocycles. The van der Waals surface area contributed by atoms with Crippen molar-refractivity contribution in [1.29, 1.82) is 0 Å². The summed E-state index contributed by atoms with van der Waals surface area (Å²) in [5.41, 5.74) is 3.95. The van der Waals surface area contributed by atoms with Crippen molar-refractivity contribution in [3.63, 3.8) is 0 Å². The van der Waals surface area contributed by atoms with Crippen molar-refractivity contribution in [2.45, 2.75) is 11.8 Å². The van der Waals surface area contributed by atoms with E-state index < -0.39 is 10.0 Å². The molecule has 3 aromatic carbocycles. The van der Waals surface area contributed by atoms with Gasteiger partial charge in [-0.2, -0.15) is 0 Å². The molecule has 0 bridgehead atoms. The van der Waals surface area contributed by atoms with E-state index in [1.54, 1.807) is 42.5 Å². The van der Waals surface area contributed by atoms with E-state index in [-0.39, 0.29) is 11.6 Å². The van der Waals surface area contributed by atoms with Crippen LogP contribution in [0.25, 0.3) is 0 Å². The summed E-state index contributed by atoms with van der Waals surface area (Å²) in [6.45, 7) is 1.94. The van der Waals surface area contributed by atoms with Gasteiger partial charge in [0.15, 0.2) is 0 Å². The molecule has 0 aliphatic carbocycles. The zero-order valence-corrected chi connectivity index (χ0v) is 16.2. The molecule has 0 saturated carbocycles. The molecule has 0 radical (unpaired) electrons. The van der Waals surface area contributed by atoms with Crippen LogP contribution in [0.5, 0.6) is 0 Å². The number of benzene rings is 3. The molecule has 136 valence electrons. The summed E-state index contributed by atoms with van der Waals surface area (Å²) in [5.74, 6) is 0. The Morgan fingerprint density at radius 3 is 2.37 bits per heavy atom. The number of anilines is 1. The van der Waals surface area contributed by atoms with Crippen LogP contribution >= 0.6 is 11.6 Å². The number of fused-ring (bicyclic) bond motifs is 1. The first-order valence-corrected chi connectivity index (χ1v) is 10.3. The molecule has 3 aromatic rings. The van der Waals surface area contributed by atoms with Gasteiger partial charge in [0.2, 0.25) is 0 Å². The zero-order chi connectivity index (χ0) is 19.0. The molecule has 1 heterocycles. The topological polar surface area (TPSA) is 49.7 Å². The van der Waals surface area contributed by atoms with Crippen molar-refractivity contribution in [2.24, 2.45) is 4.99 Å². The maximum atomic E-state index is 13.2. The number of aliphatic imine (C=N–C) groups is 1. The second kappa shape index (κ2) is 6.83. The van der Waals surface area contributed by atoms with Gasteiger partial charge in [-0.1, -0.05) is 59.6 Å². The number of hydrogen-bond donors (Lipinski definition) is 0. The van der Waals surface area contributed by atoms with Gasteiger partial charge in [0.1, 0.15) is 6.67 Å². The van der Waals surface area contributed by atoms with Gasteiger partial charge in [-0.05, 0) is 37.3 Å². The number of aryl methyl sites for hydroxylation is 1. The van der Waals surface area contributed by atoms with E-state index in [1.807, 2.05) is 37.3 Å². The van der Waals surface area contributed by atoms with Gasteiger partial charge in [-0.25, -0.2) is 12.7 Å². The van der Waals surface area contributed by atoms with E-state index in [4.69, 9.17) is 11.6 Å². The van der Waals surface area contributed by atoms with Crippen LogP contribution in [-0.2, 0) is 10.0 Å². The van der Waals surface area contributed by atoms with Crippen molar-refractivity contribution in [3.05, 3.63) is 94.5 Å². The van der Waals surface area contributed by atoms with E-state index in [2.05, 4.69) is 4.99 Å². The van der Waals surface area contributed by atoms with Gasteiger partial charge in [-0.15, -0.1) is 0 Å². The van der Waals surface area contributed by atoms with Crippen molar-refractivity contribution < 1.29 is 8.42 Å². The van der Waals surface area contributed by atoms with Crippen LogP contribution in [-0.4, -0.2) is 20.8 Å². The minimum absolute atomic E-state index is 0.0229. The fraction of sp³-hybridized carbons (Fsp3) is 0.0952. The Morgan fingerprint density at radius 2 is 1.67 bits per heavy atom. The smallest absolute Gasteiger partial charge is 0.261 e. The number of hydrogen-bond acceptors (Lipinski definition) is 3. The molecule has 4 nitrogen and oxygen atoms in total. The summed E-state index contributed by atoms with van der Waals surface area (Å²) in [5, 5.41) is 0.534. The lowest BCUT2D eigenvalue weighted by molar-refractivity contribution is 0.591. The predicted molar refractivity (Wildman–Crippen MR) is 109 cm³/mol. The van der Waals surface area contributed by atoms with Crippen LogP contribution in [0.3, 0.4) is 0 Å². The lowest BCUT2D eigenvalue weighted by Gasteiger charge is -2.29. The summed E-state index contributed by atoms with van der Waals surface area (Å²) < 4.78 is 27.8. The van der Waals surface area contributed by atoms with Crippen LogP contribution in [0.15, 0.2) is 82.7 Å². The number of sulfonamides is 1. The molecule has 0 spiro atoms. The standard InChI is InChI=1S/C21H17ClN2O2S/c1-15-7-10-18(11-8-15)27(25,26)24-14-23-21(16-5-3-2-4-6-16)19-13-17(22)9-12-20(19)24/h2-13H,14H2,1H3. The summed E-state index contributed by atoms with van der Waals surface area (Å²) in [4.78, 5) is 4.82. The lowest BCUT2D eigenvalue weighted by atomic mass is 9.99. The van der Waals surface area contributed by atoms with Crippen LogP contribution in [0, 0.1) is 6.92 Å². The molecule has 1 aliphatic rings. The Hall–Kier alpha value is -2.63. The molecule has 27 heavy (non-hydrogen) atoms. The monoisotopic (exact) mass is 396 g/mol. The number of halogens is 1. The molecule has 0 unspecified atom stereocenters. The fourth-order valence-corrected chi connectivity index (χ4v) is 4.63. The summed E-state index contributed by atoms with van der Waals surface area (Å²) in [7, 11) is -3.73. The predicted octanol–water partition coefficient (Wildman–Crippen LogP) is 4.65. The van der Waals surface area contributed by atoms with E-state index in [1.165, 1.54) is 4.31 Å². The zero-order valence-electron chi connectivity index (χ0n) is 14.6. The molecule has 0 saturated heterocycles. The van der Waals surface area contributed by atoms with Gasteiger partial charge >= 0.3 is 0 Å². The molecular weight excluding hydrogens is 380 g/mol. The maximum absolute atomic E-state index is 13.2. The van der Waals surface area contributed by atoms with Crippen molar-refractivity contribution in [3.8, 4) is 0 Å². The second-order valence-electron chi connectivity index (χ2n) is 6.34. The van der Waals surface area contributed by atoms with Crippen molar-refractivity contribution >= 4 is 33.0 Å². The van der Waals surface area contributed by atoms with Gasteiger partial charge in [-0.3, -0.25) is 4.99 Å². The Bertz CT molecular complexity index is 1120. The normalized spacial score (nSPS) is 13.9. The first-order valence-electron chi connectivity index (χ1n) is 8.46. The Balaban J connectivity index is 1.85. The minimum Gasteiger partial charge on any atom is -0.261 e. The summed E-state index contributed by atoms with van der Waals surface area (Å²) >= 11 is 6.20. The van der Waals surface area contributed by atoms with E-state index in [0.29, 0.717) is 16.3 Å². The average molecular weight is 397 g/mol. The van der Waals surface area contributed by atoms with E-state index in [9.17, 15) is 8.42 Å². The second-order valence-corrected chi connectivity index (χ2v) is 8.64. The van der Waals surface area contributed by atoms with Gasteiger partial charge in [0.05, 0.1) is 16.3 Å². The molecule has 0 aromatic heterocycles. The van der Waals surface area contributed by atoms with Crippen LogP contribution in [0.4, 0.5) is 5.69 Å². The summed E-state index contributed by atoms with van der Waals surface area (Å²) in [6, 6.07) is 21.7. The first-order chi connectivity index (χ1) is 13.0.